The minimum atomic E-state index is 0. The molecule has 0 atom stereocenters. The van der Waals surface area contributed by atoms with Crippen LogP contribution in [0.5, 0.6) is 0 Å². The summed E-state index contributed by atoms with van der Waals surface area (Å²) in [7, 11) is 2.92. The third kappa shape index (κ3) is 7.20. The molecule has 0 saturated heterocycles. The van der Waals surface area contributed by atoms with Gasteiger partial charge in [-0.05, 0) is 55.9 Å². The van der Waals surface area contributed by atoms with Gasteiger partial charge >= 0.3 is 0 Å². The Morgan fingerprint density at radius 3 is 2.65 bits per heavy atom. The molecule has 0 aliphatic heterocycles. The summed E-state index contributed by atoms with van der Waals surface area (Å²) < 4.78 is 0. The summed E-state index contributed by atoms with van der Waals surface area (Å²) in [5, 5.41) is 8.17. The van der Waals surface area contributed by atoms with Crippen molar-refractivity contribution in [2.24, 2.45) is 16.2 Å². The van der Waals surface area contributed by atoms with Gasteiger partial charge in [-0.2, -0.15) is 0 Å². The molecule has 1 aliphatic rings. The maximum absolute atomic E-state index is 5.64. The van der Waals surface area contributed by atoms with E-state index >= 15 is 0 Å². The van der Waals surface area contributed by atoms with E-state index in [4.69, 9.17) is 14.5 Å². The van der Waals surface area contributed by atoms with Crippen LogP contribution in [0.3, 0.4) is 0 Å². The van der Waals surface area contributed by atoms with E-state index < -0.39 is 0 Å². The molecule has 1 fully saturated rings. The number of amidine groups is 1. The molecule has 0 radical (unpaired) electrons. The molecule has 2 aromatic rings. The molecular weight excluding hydrogens is 564 g/mol. The molecule has 1 aromatic carbocycles. The maximum atomic E-state index is 5.64. The second-order valence-electron chi connectivity index (χ2n) is 6.90. The number of nitrogens with zero attached hydrogens (tertiary/aromatic N) is 4. The number of hydrogen-bond acceptors (Lipinski definition) is 6. The van der Waals surface area contributed by atoms with Crippen LogP contribution in [0.15, 0.2) is 46.8 Å². The van der Waals surface area contributed by atoms with Crippen molar-refractivity contribution >= 4 is 11.5 Å². The fourth-order valence-corrected chi connectivity index (χ4v) is 2.72. The van der Waals surface area contributed by atoms with Crippen LogP contribution in [0, 0.1) is 24.7 Å². The molecule has 0 unspecified atom stereocenters. The zero-order valence-corrected chi connectivity index (χ0v) is 21.0. The first-order chi connectivity index (χ1) is 14.6. The zero-order valence-electron chi connectivity index (χ0n) is 18.1. The van der Waals surface area contributed by atoms with Crippen LogP contribution >= 0.6 is 0 Å². The normalized spacial score (nSPS) is 13.5. The Bertz CT molecular complexity index is 990. The Morgan fingerprint density at radius 1 is 1.19 bits per heavy atom. The largest absolute Gasteiger partial charge is 0.497 e. The molecule has 1 saturated carbocycles. The quantitative estimate of drug-likeness (QED) is 0.209. The number of oxime groups is 2. The molecule has 31 heavy (non-hydrogen) atoms. The molecule has 0 amide bonds. The van der Waals surface area contributed by atoms with Gasteiger partial charge in [-0.25, -0.2) is 4.98 Å². The van der Waals surface area contributed by atoms with Crippen LogP contribution in [0.4, 0.5) is 0 Å². The summed E-state index contributed by atoms with van der Waals surface area (Å²) in [6.07, 6.45) is 4.17. The van der Waals surface area contributed by atoms with Crippen LogP contribution in [-0.2, 0) is 42.2 Å². The molecule has 1 aromatic heterocycles. The van der Waals surface area contributed by atoms with Gasteiger partial charge in [0, 0.05) is 57.3 Å². The van der Waals surface area contributed by atoms with E-state index in [-0.39, 0.29) is 27.7 Å². The first-order valence-electron chi connectivity index (χ1n) is 9.71. The Kier molecular flexibility index (Phi) is 9.71. The van der Waals surface area contributed by atoms with Crippen LogP contribution in [0.1, 0.15) is 47.7 Å². The van der Waals surface area contributed by atoms with Crippen molar-refractivity contribution in [1.82, 2.24) is 4.98 Å². The maximum Gasteiger partial charge on any atom is 0.143 e. The van der Waals surface area contributed by atoms with E-state index in [1.165, 1.54) is 27.1 Å². The fraction of sp³-hybridized carbons (Fsp3) is 0.348. The van der Waals surface area contributed by atoms with Crippen molar-refractivity contribution in [3.8, 4) is 11.8 Å². The zero-order chi connectivity index (χ0) is 21.3. The van der Waals surface area contributed by atoms with Gasteiger partial charge < -0.3 is 20.0 Å². The van der Waals surface area contributed by atoms with E-state index in [9.17, 15) is 0 Å². The molecule has 0 N–H and O–H groups in total. The third-order valence-electron chi connectivity index (χ3n) is 4.58. The molecular formula is C23H25N4O3W-. The van der Waals surface area contributed by atoms with Gasteiger partial charge in [-0.3, -0.25) is 5.16 Å². The van der Waals surface area contributed by atoms with Crippen molar-refractivity contribution in [1.29, 1.82) is 0 Å². The standard InChI is InChI=1S/C23H25N4O3.W/c1-16-6-5-7-21(23(26-28-3)27-29-4)22(16)15-30-25-17(2)19-11-13-20(24-14-19)12-10-18-8-9-18;/h5-7,11,13-14,18H,8-9,15H2,1-4H3;/q-1;/b25-17+;. The van der Waals surface area contributed by atoms with E-state index in [1.807, 2.05) is 44.2 Å². The number of pyridine rings is 1. The summed E-state index contributed by atoms with van der Waals surface area (Å²) in [4.78, 5) is 19.8. The fourth-order valence-electron chi connectivity index (χ4n) is 2.72. The molecule has 162 valence electrons. The van der Waals surface area contributed by atoms with Crippen molar-refractivity contribution in [3.05, 3.63) is 70.0 Å². The number of rotatable bonds is 7. The molecule has 8 heteroatoms. The number of benzene rings is 1. The van der Waals surface area contributed by atoms with Crippen LogP contribution in [0.2, 0.25) is 0 Å². The van der Waals surface area contributed by atoms with Crippen LogP contribution < -0.4 is 0 Å². The second-order valence-corrected chi connectivity index (χ2v) is 6.90. The van der Waals surface area contributed by atoms with Crippen molar-refractivity contribution in [2.45, 2.75) is 33.3 Å². The molecule has 7 nitrogen and oxygen atoms in total. The number of hydrogen-bond donors (Lipinski definition) is 0. The molecule has 1 heterocycles. The second kappa shape index (κ2) is 12.2. The van der Waals surface area contributed by atoms with Crippen molar-refractivity contribution < 1.29 is 35.6 Å². The Balaban J connectivity index is 0.00000341. The topological polar surface area (TPSA) is 79.4 Å². The van der Waals surface area contributed by atoms with E-state index in [1.54, 1.807) is 6.20 Å². The van der Waals surface area contributed by atoms with Crippen LogP contribution in [-0.4, -0.2) is 30.8 Å². The Hall–Kier alpha value is -2.68. The van der Waals surface area contributed by atoms with Gasteiger partial charge in [0.05, 0.1) is 12.8 Å². The number of aromatic nitrogens is 1. The molecule has 3 rings (SSSR count). The minimum absolute atomic E-state index is 0. The first kappa shape index (κ1) is 24.6. The molecule has 0 bridgehead atoms. The van der Waals surface area contributed by atoms with Gasteiger partial charge in [0.2, 0.25) is 0 Å². The number of hydroxylamine groups is 1. The van der Waals surface area contributed by atoms with Gasteiger partial charge in [-0.15, -0.1) is 0 Å². The summed E-state index contributed by atoms with van der Waals surface area (Å²) >= 11 is 0. The van der Waals surface area contributed by atoms with Gasteiger partial charge in [0.25, 0.3) is 0 Å². The average molecular weight is 589 g/mol. The minimum Gasteiger partial charge on any atom is -0.497 e. The Labute approximate surface area is 197 Å². The van der Waals surface area contributed by atoms with E-state index in [0.717, 1.165) is 33.7 Å². The van der Waals surface area contributed by atoms with E-state index in [0.29, 0.717) is 11.8 Å². The molecule has 1 aliphatic carbocycles. The molecule has 0 spiro atoms. The smallest absolute Gasteiger partial charge is 0.143 e. The van der Waals surface area contributed by atoms with Gasteiger partial charge in [0.1, 0.15) is 12.3 Å². The van der Waals surface area contributed by atoms with Crippen molar-refractivity contribution in [2.75, 3.05) is 14.2 Å². The van der Waals surface area contributed by atoms with E-state index in [2.05, 4.69) is 32.6 Å². The predicted molar refractivity (Wildman–Crippen MR) is 116 cm³/mol. The number of aryl methyl sites for hydroxylation is 1. The summed E-state index contributed by atoms with van der Waals surface area (Å²) in [6.45, 7) is 4.12. The third-order valence-corrected chi connectivity index (χ3v) is 4.58. The summed E-state index contributed by atoms with van der Waals surface area (Å²) in [6, 6.07) is 9.64. The van der Waals surface area contributed by atoms with Gasteiger partial charge in [0.15, 0.2) is 0 Å². The summed E-state index contributed by atoms with van der Waals surface area (Å²) in [5.41, 5.74) is 8.99. The average Bonchev–Trinajstić information content (AvgIpc) is 3.58. The van der Waals surface area contributed by atoms with Crippen LogP contribution in [0.25, 0.3) is 5.48 Å². The summed E-state index contributed by atoms with van der Waals surface area (Å²) in [5.74, 6) is 7.20. The first-order valence-corrected chi connectivity index (χ1v) is 9.71. The monoisotopic (exact) mass is 589 g/mol. The SMILES string of the molecule is CO/N=C(/[N-]OC)c1cccc(C)c1CO/N=C(\C)c1ccc(C#CC2CC2)nc1.[W]. The van der Waals surface area contributed by atoms with Crippen molar-refractivity contribution in [3.63, 3.8) is 0 Å². The Morgan fingerprint density at radius 2 is 2.00 bits per heavy atom. The van der Waals surface area contributed by atoms with Gasteiger partial charge in [-0.1, -0.05) is 29.3 Å². The predicted octanol–water partition coefficient (Wildman–Crippen LogP) is 4.33.